The summed E-state index contributed by atoms with van der Waals surface area (Å²) < 4.78 is 73.2. The first-order chi connectivity index (χ1) is 15.4. The highest BCUT2D eigenvalue weighted by atomic mass is 32.2. The molecule has 1 saturated heterocycles. The molecule has 0 saturated carbocycles. The first-order valence-electron chi connectivity index (χ1n) is 10.2. The third kappa shape index (κ3) is 6.45. The number of hydrogen-bond acceptors (Lipinski definition) is 7. The molecule has 0 radical (unpaired) electrons. The highest BCUT2D eigenvalue weighted by Gasteiger charge is 2.32. The molecule has 2 aromatic rings. The summed E-state index contributed by atoms with van der Waals surface area (Å²) in [5.74, 6) is -0.486. The summed E-state index contributed by atoms with van der Waals surface area (Å²) >= 11 is 0. The molecular formula is C20H25F3N4O5S. The second kappa shape index (κ2) is 9.69. The second-order valence-corrected chi connectivity index (χ2v) is 9.44. The van der Waals surface area contributed by atoms with Crippen molar-refractivity contribution in [3.05, 3.63) is 41.3 Å². The van der Waals surface area contributed by atoms with Crippen molar-refractivity contribution >= 4 is 15.9 Å². The molecule has 1 atom stereocenters. The van der Waals surface area contributed by atoms with E-state index < -0.39 is 22.4 Å². The lowest BCUT2D eigenvalue weighted by Crippen LogP contribution is -2.53. The molecule has 0 unspecified atom stereocenters. The van der Waals surface area contributed by atoms with Gasteiger partial charge in [0.1, 0.15) is 16.3 Å². The van der Waals surface area contributed by atoms with Gasteiger partial charge in [0.05, 0.1) is 6.04 Å². The number of halogens is 3. The zero-order chi connectivity index (χ0) is 24.4. The van der Waals surface area contributed by atoms with Crippen molar-refractivity contribution in [2.45, 2.75) is 44.6 Å². The molecular weight excluding hydrogens is 465 g/mol. The van der Waals surface area contributed by atoms with Crippen molar-refractivity contribution < 1.29 is 35.6 Å². The lowest BCUT2D eigenvalue weighted by atomic mass is 10.2. The van der Waals surface area contributed by atoms with E-state index in [1.165, 1.54) is 32.9 Å². The topological polar surface area (TPSA) is 105 Å². The van der Waals surface area contributed by atoms with E-state index in [0.717, 1.165) is 5.56 Å². The van der Waals surface area contributed by atoms with Gasteiger partial charge in [-0.25, -0.2) is 8.42 Å². The average molecular weight is 491 g/mol. The number of amides is 1. The summed E-state index contributed by atoms with van der Waals surface area (Å²) in [5.41, 5.74) is 1.02. The third-order valence-corrected chi connectivity index (χ3v) is 6.97. The Bertz CT molecular complexity index is 1060. The molecule has 1 aliphatic rings. The van der Waals surface area contributed by atoms with Gasteiger partial charge in [-0.3, -0.25) is 9.69 Å². The fraction of sp³-hybridized carbons (Fsp3) is 0.500. The van der Waals surface area contributed by atoms with Crippen LogP contribution in [0, 0.1) is 13.8 Å². The lowest BCUT2D eigenvalue weighted by molar-refractivity contribution is -0.274. The fourth-order valence-electron chi connectivity index (χ4n) is 3.66. The van der Waals surface area contributed by atoms with E-state index >= 15 is 0 Å². The van der Waals surface area contributed by atoms with Crippen LogP contribution in [0.25, 0.3) is 0 Å². The van der Waals surface area contributed by atoms with Crippen LogP contribution in [0.3, 0.4) is 0 Å². The number of benzene rings is 1. The van der Waals surface area contributed by atoms with E-state index in [4.69, 9.17) is 4.52 Å². The van der Waals surface area contributed by atoms with Crippen molar-refractivity contribution in [3.8, 4) is 5.75 Å². The number of rotatable bonds is 7. The SMILES string of the molecule is Cc1noc(C)c1S(=O)(=O)N[C@@H](C)C(=O)N1CCN(Cc2ccc(OC(F)(F)F)cc2)CC1. The maximum absolute atomic E-state index is 12.8. The molecule has 1 aromatic heterocycles. The molecule has 1 amide bonds. The number of sulfonamides is 1. The predicted molar refractivity (Wildman–Crippen MR) is 111 cm³/mol. The molecule has 1 N–H and O–H groups in total. The molecule has 1 aromatic carbocycles. The first-order valence-corrected chi connectivity index (χ1v) is 11.6. The Kier molecular flexibility index (Phi) is 7.34. The van der Waals surface area contributed by atoms with E-state index in [-0.39, 0.29) is 28.0 Å². The largest absolute Gasteiger partial charge is 0.573 e. The van der Waals surface area contributed by atoms with Crippen molar-refractivity contribution in [2.24, 2.45) is 0 Å². The average Bonchev–Trinajstić information content (AvgIpc) is 3.07. The molecule has 0 bridgehead atoms. The number of aryl methyl sites for hydroxylation is 2. The van der Waals surface area contributed by atoms with Crippen LogP contribution in [0.15, 0.2) is 33.7 Å². The Hall–Kier alpha value is -2.64. The Morgan fingerprint density at radius 3 is 2.30 bits per heavy atom. The molecule has 1 aliphatic heterocycles. The monoisotopic (exact) mass is 490 g/mol. The Morgan fingerprint density at radius 2 is 1.79 bits per heavy atom. The van der Waals surface area contributed by atoms with Crippen molar-refractivity contribution in [1.82, 2.24) is 19.7 Å². The minimum absolute atomic E-state index is 0.0707. The molecule has 0 aliphatic carbocycles. The van der Waals surface area contributed by atoms with Gasteiger partial charge < -0.3 is 14.2 Å². The minimum Gasteiger partial charge on any atom is -0.406 e. The molecule has 9 nitrogen and oxygen atoms in total. The Balaban J connectivity index is 1.51. The number of piperazine rings is 1. The normalized spacial score (nSPS) is 16.6. The summed E-state index contributed by atoms with van der Waals surface area (Å²) in [6.45, 7) is 6.84. The number of aromatic nitrogens is 1. The Morgan fingerprint density at radius 1 is 1.18 bits per heavy atom. The number of nitrogens with zero attached hydrogens (tertiary/aromatic N) is 3. The third-order valence-electron chi connectivity index (χ3n) is 5.19. The van der Waals surface area contributed by atoms with E-state index in [0.29, 0.717) is 32.7 Å². The van der Waals surface area contributed by atoms with Gasteiger partial charge in [-0.15, -0.1) is 13.2 Å². The molecule has 33 heavy (non-hydrogen) atoms. The maximum atomic E-state index is 12.8. The van der Waals surface area contributed by atoms with Crippen molar-refractivity contribution in [1.29, 1.82) is 0 Å². The van der Waals surface area contributed by atoms with Gasteiger partial charge in [0, 0.05) is 32.7 Å². The van der Waals surface area contributed by atoms with Gasteiger partial charge in [-0.2, -0.15) is 4.72 Å². The van der Waals surface area contributed by atoms with Crippen LogP contribution in [0.4, 0.5) is 13.2 Å². The van der Waals surface area contributed by atoms with Gasteiger partial charge in [0.15, 0.2) is 5.76 Å². The quantitative estimate of drug-likeness (QED) is 0.635. The van der Waals surface area contributed by atoms with Crippen molar-refractivity contribution in [3.63, 3.8) is 0 Å². The minimum atomic E-state index is -4.73. The standard InChI is InChI=1S/C20H25F3N4O5S/c1-13-18(15(3)32-24-13)33(29,30)25-14(2)19(28)27-10-8-26(9-11-27)12-16-4-6-17(7-5-16)31-20(21,22)23/h4-7,14,25H,8-12H2,1-3H3/t14-/m0/s1. The molecule has 1 fully saturated rings. The molecule has 13 heteroatoms. The highest BCUT2D eigenvalue weighted by molar-refractivity contribution is 7.89. The number of hydrogen-bond donors (Lipinski definition) is 1. The molecule has 182 valence electrons. The number of carbonyl (C=O) groups excluding carboxylic acids is 1. The van der Waals surface area contributed by atoms with Crippen molar-refractivity contribution in [2.75, 3.05) is 26.2 Å². The first kappa shape index (κ1) is 25.0. The highest BCUT2D eigenvalue weighted by Crippen LogP contribution is 2.23. The number of alkyl halides is 3. The summed E-state index contributed by atoms with van der Waals surface area (Å²) in [5, 5.41) is 3.64. The Labute approximate surface area is 189 Å². The van der Waals surface area contributed by atoms with Crippen LogP contribution in [-0.4, -0.2) is 67.9 Å². The number of ether oxygens (including phenoxy) is 1. The smallest absolute Gasteiger partial charge is 0.406 e. The summed E-state index contributed by atoms with van der Waals surface area (Å²) in [6.07, 6.45) is -4.73. The van der Waals surface area contributed by atoms with Gasteiger partial charge >= 0.3 is 6.36 Å². The van der Waals surface area contributed by atoms with Crippen LogP contribution in [0.2, 0.25) is 0 Å². The van der Waals surface area contributed by atoms with Gasteiger partial charge in [0.2, 0.25) is 15.9 Å². The van der Waals surface area contributed by atoms with Gasteiger partial charge in [-0.05, 0) is 38.5 Å². The van der Waals surface area contributed by atoms with E-state index in [9.17, 15) is 26.4 Å². The van der Waals surface area contributed by atoms with E-state index in [1.807, 2.05) is 0 Å². The van der Waals surface area contributed by atoms with Crippen LogP contribution in [-0.2, 0) is 21.4 Å². The fourth-order valence-corrected chi connectivity index (χ4v) is 5.18. The number of nitrogens with one attached hydrogen (secondary N) is 1. The summed E-state index contributed by atoms with van der Waals surface area (Å²) in [6, 6.07) is 4.66. The van der Waals surface area contributed by atoms with E-state index in [2.05, 4.69) is 19.5 Å². The lowest BCUT2D eigenvalue weighted by Gasteiger charge is -2.36. The molecule has 0 spiro atoms. The van der Waals surface area contributed by atoms with Crippen LogP contribution in [0.1, 0.15) is 23.9 Å². The van der Waals surface area contributed by atoms with E-state index in [1.54, 1.807) is 17.0 Å². The van der Waals surface area contributed by atoms with Gasteiger partial charge in [-0.1, -0.05) is 17.3 Å². The number of carbonyl (C=O) groups is 1. The zero-order valence-corrected chi connectivity index (χ0v) is 19.2. The summed E-state index contributed by atoms with van der Waals surface area (Å²) in [4.78, 5) is 16.3. The van der Waals surface area contributed by atoms with Crippen LogP contribution >= 0.6 is 0 Å². The van der Waals surface area contributed by atoms with Gasteiger partial charge in [0.25, 0.3) is 0 Å². The predicted octanol–water partition coefficient (Wildman–Crippen LogP) is 2.20. The maximum Gasteiger partial charge on any atom is 0.573 e. The molecule has 3 rings (SSSR count). The zero-order valence-electron chi connectivity index (χ0n) is 18.3. The van der Waals surface area contributed by atoms with Crippen LogP contribution < -0.4 is 9.46 Å². The summed E-state index contributed by atoms with van der Waals surface area (Å²) in [7, 11) is -3.97. The van der Waals surface area contributed by atoms with Crippen LogP contribution in [0.5, 0.6) is 5.75 Å². The second-order valence-electron chi connectivity index (χ2n) is 7.79. The molecule has 2 heterocycles.